The number of nitrogens with one attached hydrogen (secondary N) is 1. The van der Waals surface area contributed by atoms with Gasteiger partial charge in [-0.15, -0.1) is 0 Å². The highest BCUT2D eigenvalue weighted by Gasteiger charge is 2.36. The summed E-state index contributed by atoms with van der Waals surface area (Å²) in [5, 5.41) is 3.32. The highest BCUT2D eigenvalue weighted by atomic mass is 35.5. The Kier molecular flexibility index (Phi) is 6.49. The minimum atomic E-state index is -0.552. The lowest BCUT2D eigenvalue weighted by atomic mass is 10.1. The van der Waals surface area contributed by atoms with E-state index in [1.54, 1.807) is 30.3 Å². The first-order valence-corrected chi connectivity index (χ1v) is 13.0. The van der Waals surface area contributed by atoms with E-state index in [-0.39, 0.29) is 11.7 Å². The Morgan fingerprint density at radius 1 is 1.08 bits per heavy atom. The van der Waals surface area contributed by atoms with Gasteiger partial charge in [0.15, 0.2) is 11.5 Å². The van der Waals surface area contributed by atoms with E-state index in [1.807, 2.05) is 35.0 Å². The van der Waals surface area contributed by atoms with Crippen LogP contribution in [-0.4, -0.2) is 39.9 Å². The number of hydrogen-bond acceptors (Lipinski definition) is 6. The molecule has 0 spiro atoms. The molecule has 1 saturated heterocycles. The van der Waals surface area contributed by atoms with Gasteiger partial charge in [0.2, 0.25) is 12.7 Å². The maximum Gasteiger partial charge on any atom is 0.294 e. The van der Waals surface area contributed by atoms with Gasteiger partial charge in [-0.05, 0) is 53.7 Å². The second kappa shape index (κ2) is 10.1. The van der Waals surface area contributed by atoms with E-state index in [4.69, 9.17) is 21.1 Å². The van der Waals surface area contributed by atoms with Gasteiger partial charge < -0.3 is 19.4 Å². The Hall–Kier alpha value is -4.28. The number of aromatic nitrogens is 1. The van der Waals surface area contributed by atoms with Crippen LogP contribution in [0.15, 0.2) is 71.8 Å². The summed E-state index contributed by atoms with van der Waals surface area (Å²) in [6.45, 7) is 0.0603. The van der Waals surface area contributed by atoms with Crippen LogP contribution in [0.4, 0.5) is 14.9 Å². The lowest BCUT2D eigenvalue weighted by Crippen LogP contribution is -2.36. The van der Waals surface area contributed by atoms with Crippen LogP contribution in [0.3, 0.4) is 0 Å². The number of rotatable bonds is 6. The van der Waals surface area contributed by atoms with Gasteiger partial charge in [-0.25, -0.2) is 4.39 Å². The van der Waals surface area contributed by atoms with Crippen molar-refractivity contribution in [2.75, 3.05) is 18.7 Å². The third-order valence-corrected chi connectivity index (χ3v) is 7.55. The summed E-state index contributed by atoms with van der Waals surface area (Å²) in [5.41, 5.74) is 2.80. The fourth-order valence-electron chi connectivity index (χ4n) is 4.45. The molecule has 2 aliphatic rings. The van der Waals surface area contributed by atoms with Crippen LogP contribution in [0.5, 0.6) is 11.5 Å². The van der Waals surface area contributed by atoms with Gasteiger partial charge in [0.25, 0.3) is 11.1 Å². The number of nitrogens with zero attached hydrogens (tertiary/aromatic N) is 2. The number of fused-ring (bicyclic) bond motifs is 2. The molecule has 0 radical (unpaired) electrons. The van der Waals surface area contributed by atoms with Crippen molar-refractivity contribution in [1.29, 1.82) is 0 Å². The fourth-order valence-corrected chi connectivity index (χ4v) is 5.51. The second-order valence-electron chi connectivity index (χ2n) is 8.85. The maximum absolute atomic E-state index is 13.5. The molecule has 3 aromatic carbocycles. The minimum absolute atomic E-state index is 0.106. The molecule has 3 heterocycles. The van der Waals surface area contributed by atoms with Crippen LogP contribution in [0.25, 0.3) is 17.0 Å². The Bertz CT molecular complexity index is 1700. The van der Waals surface area contributed by atoms with Crippen molar-refractivity contribution in [2.45, 2.75) is 6.54 Å². The summed E-state index contributed by atoms with van der Waals surface area (Å²) in [4.78, 5) is 39.5. The number of halogens is 2. The number of anilines is 1. The van der Waals surface area contributed by atoms with Crippen LogP contribution in [-0.2, 0) is 16.1 Å². The Labute approximate surface area is 230 Å². The lowest BCUT2D eigenvalue weighted by Gasteiger charge is -2.12. The molecule has 11 heteroatoms. The van der Waals surface area contributed by atoms with E-state index in [2.05, 4.69) is 5.32 Å². The standard InChI is InChI=1S/C28H19ClFN3O5S/c29-21-10-18(30)6-5-16(21)12-32-13-17(20-3-1-2-4-22(20)32)9-25-27(35)33(28(36)39-25)14-26(34)31-19-7-8-23-24(11-19)38-15-37-23/h1-11,13H,12,14-15H2,(H,31,34)/b25-9-. The predicted octanol–water partition coefficient (Wildman–Crippen LogP) is 5.89. The van der Waals surface area contributed by atoms with Crippen molar-refractivity contribution >= 4 is 63.1 Å². The average molecular weight is 564 g/mol. The fraction of sp³-hybridized carbons (Fsp3) is 0.107. The number of imide groups is 1. The van der Waals surface area contributed by atoms with Gasteiger partial charge in [-0.1, -0.05) is 35.9 Å². The summed E-state index contributed by atoms with van der Waals surface area (Å²) >= 11 is 7.02. The van der Waals surface area contributed by atoms with E-state index in [0.29, 0.717) is 28.8 Å². The molecule has 2 aliphatic heterocycles. The Morgan fingerprint density at radius 2 is 1.90 bits per heavy atom. The molecule has 1 N–H and O–H groups in total. The number of hydrogen-bond donors (Lipinski definition) is 1. The third-order valence-electron chi connectivity index (χ3n) is 6.29. The molecular formula is C28H19ClFN3O5S. The first-order valence-electron chi connectivity index (χ1n) is 11.8. The largest absolute Gasteiger partial charge is 0.454 e. The Morgan fingerprint density at radius 3 is 2.74 bits per heavy atom. The summed E-state index contributed by atoms with van der Waals surface area (Å²) < 4.78 is 26.0. The average Bonchev–Trinajstić information content (AvgIpc) is 3.59. The molecule has 0 saturated carbocycles. The smallest absolute Gasteiger partial charge is 0.294 e. The van der Waals surface area contributed by atoms with E-state index < -0.39 is 29.4 Å². The molecule has 1 aromatic heterocycles. The number of thioether (sulfide) groups is 1. The molecule has 0 bridgehead atoms. The van der Waals surface area contributed by atoms with E-state index in [1.165, 1.54) is 12.1 Å². The molecule has 1 fully saturated rings. The number of carbonyl (C=O) groups is 3. The quantitative estimate of drug-likeness (QED) is 0.294. The number of para-hydroxylation sites is 1. The van der Waals surface area contributed by atoms with Crippen LogP contribution < -0.4 is 14.8 Å². The van der Waals surface area contributed by atoms with Crippen molar-refractivity contribution in [3.8, 4) is 11.5 Å². The highest BCUT2D eigenvalue weighted by Crippen LogP contribution is 2.36. The molecule has 39 heavy (non-hydrogen) atoms. The zero-order valence-corrected chi connectivity index (χ0v) is 21.7. The minimum Gasteiger partial charge on any atom is -0.454 e. The van der Waals surface area contributed by atoms with Crippen molar-refractivity contribution in [3.05, 3.63) is 93.7 Å². The number of amides is 3. The summed E-state index contributed by atoms with van der Waals surface area (Å²) in [6.07, 6.45) is 3.50. The number of benzene rings is 3. The van der Waals surface area contributed by atoms with Gasteiger partial charge in [-0.3, -0.25) is 19.3 Å². The van der Waals surface area contributed by atoms with Crippen LogP contribution in [0.2, 0.25) is 5.02 Å². The van der Waals surface area contributed by atoms with Gasteiger partial charge in [0.05, 0.1) is 4.91 Å². The van der Waals surface area contributed by atoms with Gasteiger partial charge >= 0.3 is 0 Å². The van der Waals surface area contributed by atoms with Crippen LogP contribution >= 0.6 is 23.4 Å². The van der Waals surface area contributed by atoms with Crippen LogP contribution in [0.1, 0.15) is 11.1 Å². The topological polar surface area (TPSA) is 89.9 Å². The normalized spacial score (nSPS) is 15.5. The maximum atomic E-state index is 13.5. The van der Waals surface area contributed by atoms with Crippen molar-refractivity contribution in [1.82, 2.24) is 9.47 Å². The highest BCUT2D eigenvalue weighted by molar-refractivity contribution is 8.18. The molecule has 0 atom stereocenters. The summed E-state index contributed by atoms with van der Waals surface area (Å²) in [5.74, 6) is -0.412. The molecule has 6 rings (SSSR count). The molecular weight excluding hydrogens is 545 g/mol. The van der Waals surface area contributed by atoms with Crippen molar-refractivity contribution in [2.24, 2.45) is 0 Å². The summed E-state index contributed by atoms with van der Waals surface area (Å²) in [7, 11) is 0. The van der Waals surface area contributed by atoms with Gasteiger partial charge in [-0.2, -0.15) is 0 Å². The second-order valence-corrected chi connectivity index (χ2v) is 10.2. The SMILES string of the molecule is O=C(CN1C(=O)S/C(=C\c2cn(Cc3ccc(F)cc3Cl)c3ccccc23)C1=O)Nc1ccc2c(c1)OCO2. The number of ether oxygens (including phenoxy) is 2. The lowest BCUT2D eigenvalue weighted by molar-refractivity contribution is -0.127. The summed E-state index contributed by atoms with van der Waals surface area (Å²) in [6, 6.07) is 16.8. The Balaban J connectivity index is 1.21. The van der Waals surface area contributed by atoms with Crippen LogP contribution in [0, 0.1) is 5.82 Å². The van der Waals surface area contributed by atoms with E-state index in [9.17, 15) is 18.8 Å². The predicted molar refractivity (Wildman–Crippen MR) is 146 cm³/mol. The molecule has 0 unspecified atom stereocenters. The molecule has 4 aromatic rings. The third kappa shape index (κ3) is 4.96. The molecule has 196 valence electrons. The molecule has 8 nitrogen and oxygen atoms in total. The van der Waals surface area contributed by atoms with Crippen molar-refractivity contribution < 1.29 is 28.2 Å². The van der Waals surface area contributed by atoms with Crippen molar-refractivity contribution in [3.63, 3.8) is 0 Å². The molecule has 0 aliphatic carbocycles. The van der Waals surface area contributed by atoms with Gasteiger partial charge in [0, 0.05) is 46.0 Å². The first-order chi connectivity index (χ1) is 18.9. The number of carbonyl (C=O) groups excluding carboxylic acids is 3. The first kappa shape index (κ1) is 25.0. The van der Waals surface area contributed by atoms with E-state index >= 15 is 0 Å². The van der Waals surface area contributed by atoms with E-state index in [0.717, 1.165) is 38.7 Å². The monoisotopic (exact) mass is 563 g/mol. The zero-order chi connectivity index (χ0) is 27.1. The molecule has 3 amide bonds. The zero-order valence-electron chi connectivity index (χ0n) is 20.1. The van der Waals surface area contributed by atoms with Gasteiger partial charge in [0.1, 0.15) is 12.4 Å².